The van der Waals surface area contributed by atoms with Crippen LogP contribution in [0.15, 0.2) is 27.3 Å². The lowest BCUT2D eigenvalue weighted by Gasteiger charge is -2.32. The first-order valence-electron chi connectivity index (χ1n) is 6.14. The number of halogens is 1. The third-order valence-corrected chi connectivity index (χ3v) is 3.19. The van der Waals surface area contributed by atoms with Crippen LogP contribution in [0.4, 0.5) is 0 Å². The smallest absolute Gasteiger partial charge is 0.241 e. The lowest BCUT2D eigenvalue weighted by atomic mass is 10.2. The average Bonchev–Trinajstić information content (AvgIpc) is 3.02. The summed E-state index contributed by atoms with van der Waals surface area (Å²) in [7, 11) is 0. The molecule has 104 valence electrons. The lowest BCUT2D eigenvalue weighted by molar-refractivity contribution is 0.146. The van der Waals surface area contributed by atoms with E-state index in [2.05, 4.69) is 27.3 Å². The predicted octanol–water partition coefficient (Wildman–Crippen LogP) is 1.55. The van der Waals surface area contributed by atoms with E-state index in [1.54, 1.807) is 6.26 Å². The summed E-state index contributed by atoms with van der Waals surface area (Å²) in [6, 6.07) is 4.11. The van der Waals surface area contributed by atoms with Gasteiger partial charge in [0.2, 0.25) is 11.7 Å². The molecule has 2 aromatic rings. The summed E-state index contributed by atoms with van der Waals surface area (Å²) < 4.78 is 10.5. The maximum Gasteiger partial charge on any atom is 0.241 e. The molecular weight excluding hydrogens is 268 g/mol. The lowest BCUT2D eigenvalue weighted by Crippen LogP contribution is -2.49. The maximum absolute atomic E-state index is 5.26. The van der Waals surface area contributed by atoms with Gasteiger partial charge in [-0.1, -0.05) is 5.16 Å². The molecule has 0 unspecified atom stereocenters. The molecule has 6 nitrogen and oxygen atoms in total. The average molecular weight is 285 g/mol. The van der Waals surface area contributed by atoms with Gasteiger partial charge in [0.1, 0.15) is 0 Å². The zero-order chi connectivity index (χ0) is 12.4. The Balaban J connectivity index is 0.00000133. The number of piperazine rings is 1. The Morgan fingerprint density at radius 2 is 2.42 bits per heavy atom. The van der Waals surface area contributed by atoms with Gasteiger partial charge in [-0.2, -0.15) is 4.98 Å². The van der Waals surface area contributed by atoms with Crippen molar-refractivity contribution in [1.29, 1.82) is 0 Å². The molecule has 7 heteroatoms. The number of aromatic nitrogens is 2. The summed E-state index contributed by atoms with van der Waals surface area (Å²) in [5.41, 5.74) is 0. The molecular formula is C12H17ClN4O2. The Labute approximate surface area is 117 Å². The predicted molar refractivity (Wildman–Crippen MR) is 72.0 cm³/mol. The first-order valence-corrected chi connectivity index (χ1v) is 6.14. The third-order valence-electron chi connectivity index (χ3n) is 3.19. The van der Waals surface area contributed by atoms with Crippen molar-refractivity contribution in [3.63, 3.8) is 0 Å². The Morgan fingerprint density at radius 3 is 3.16 bits per heavy atom. The monoisotopic (exact) mass is 284 g/mol. The number of nitrogens with one attached hydrogen (secondary N) is 1. The summed E-state index contributed by atoms with van der Waals surface area (Å²) in [4.78, 5) is 6.68. The highest BCUT2D eigenvalue weighted by atomic mass is 35.5. The van der Waals surface area contributed by atoms with Crippen molar-refractivity contribution in [3.8, 4) is 11.6 Å². The second kappa shape index (κ2) is 6.18. The van der Waals surface area contributed by atoms with Gasteiger partial charge < -0.3 is 14.3 Å². The van der Waals surface area contributed by atoms with Gasteiger partial charge >= 0.3 is 0 Å². The van der Waals surface area contributed by atoms with E-state index < -0.39 is 0 Å². The Morgan fingerprint density at radius 1 is 1.53 bits per heavy atom. The molecule has 0 aliphatic carbocycles. The second-order valence-corrected chi connectivity index (χ2v) is 4.51. The van der Waals surface area contributed by atoms with Crippen molar-refractivity contribution in [1.82, 2.24) is 20.4 Å². The summed E-state index contributed by atoms with van der Waals surface area (Å²) in [6.45, 7) is 5.88. The number of furan rings is 1. The number of rotatable bonds is 3. The molecule has 0 spiro atoms. The maximum atomic E-state index is 5.26. The Bertz CT molecular complexity index is 500. The van der Waals surface area contributed by atoms with Crippen LogP contribution >= 0.6 is 12.4 Å². The Hall–Kier alpha value is -1.37. The summed E-state index contributed by atoms with van der Waals surface area (Å²) in [5, 5.41) is 7.28. The summed E-state index contributed by atoms with van der Waals surface area (Å²) >= 11 is 0. The zero-order valence-corrected chi connectivity index (χ0v) is 11.5. The molecule has 0 amide bonds. The highest BCUT2D eigenvalue weighted by molar-refractivity contribution is 5.85. The van der Waals surface area contributed by atoms with E-state index in [1.807, 2.05) is 12.1 Å². The molecule has 19 heavy (non-hydrogen) atoms. The molecule has 0 radical (unpaired) electrons. The van der Waals surface area contributed by atoms with Gasteiger partial charge in [-0.3, -0.25) is 4.90 Å². The van der Waals surface area contributed by atoms with Crippen LogP contribution in [0, 0.1) is 0 Å². The molecule has 1 aliphatic rings. The SMILES string of the molecule is C[C@H]1CNCCN1Cc1nc(-c2ccco2)no1.Cl. The van der Waals surface area contributed by atoms with Crippen molar-refractivity contribution in [2.24, 2.45) is 0 Å². The van der Waals surface area contributed by atoms with Gasteiger partial charge in [0.15, 0.2) is 5.76 Å². The second-order valence-electron chi connectivity index (χ2n) is 4.51. The molecule has 1 saturated heterocycles. The minimum atomic E-state index is 0. The van der Waals surface area contributed by atoms with Crippen molar-refractivity contribution in [2.75, 3.05) is 19.6 Å². The highest BCUT2D eigenvalue weighted by Gasteiger charge is 2.21. The fourth-order valence-corrected chi connectivity index (χ4v) is 2.12. The minimum Gasteiger partial charge on any atom is -0.461 e. The van der Waals surface area contributed by atoms with E-state index in [1.165, 1.54) is 0 Å². The largest absolute Gasteiger partial charge is 0.461 e. The molecule has 1 aliphatic heterocycles. The molecule has 0 saturated carbocycles. The van der Waals surface area contributed by atoms with Crippen molar-refractivity contribution in [3.05, 3.63) is 24.3 Å². The van der Waals surface area contributed by atoms with Gasteiger partial charge in [0.05, 0.1) is 12.8 Å². The van der Waals surface area contributed by atoms with Crippen molar-refractivity contribution >= 4 is 12.4 Å². The quantitative estimate of drug-likeness (QED) is 0.922. The van der Waals surface area contributed by atoms with Crippen LogP contribution in [0.25, 0.3) is 11.6 Å². The molecule has 3 heterocycles. The first-order chi connectivity index (χ1) is 8.83. The number of hydrogen-bond acceptors (Lipinski definition) is 6. The number of nitrogens with zero attached hydrogens (tertiary/aromatic N) is 3. The van der Waals surface area contributed by atoms with Crippen LogP contribution in [0.1, 0.15) is 12.8 Å². The summed E-state index contributed by atoms with van der Waals surface area (Å²) in [5.74, 6) is 1.78. The standard InChI is InChI=1S/C12H16N4O2.ClH/c1-9-7-13-4-5-16(9)8-11-14-12(15-18-11)10-3-2-6-17-10;/h2-3,6,9,13H,4-5,7-8H2,1H3;1H/t9-;/m0./s1. The molecule has 2 aromatic heterocycles. The zero-order valence-electron chi connectivity index (χ0n) is 10.7. The number of hydrogen-bond donors (Lipinski definition) is 1. The van der Waals surface area contributed by atoms with E-state index in [0.29, 0.717) is 30.1 Å². The molecule has 3 rings (SSSR count). The van der Waals surface area contributed by atoms with Crippen LogP contribution in [0.2, 0.25) is 0 Å². The van der Waals surface area contributed by atoms with Crippen molar-refractivity contribution in [2.45, 2.75) is 19.5 Å². The minimum absolute atomic E-state index is 0. The topological polar surface area (TPSA) is 67.3 Å². The fraction of sp³-hybridized carbons (Fsp3) is 0.500. The third kappa shape index (κ3) is 3.15. The van der Waals surface area contributed by atoms with Gasteiger partial charge in [-0.25, -0.2) is 0 Å². The van der Waals surface area contributed by atoms with Gasteiger partial charge in [-0.05, 0) is 19.1 Å². The fourth-order valence-electron chi connectivity index (χ4n) is 2.12. The normalized spacial score (nSPS) is 20.2. The molecule has 0 bridgehead atoms. The van der Waals surface area contributed by atoms with Crippen LogP contribution in [-0.2, 0) is 6.54 Å². The molecule has 1 N–H and O–H groups in total. The van der Waals surface area contributed by atoms with Crippen LogP contribution in [0.3, 0.4) is 0 Å². The van der Waals surface area contributed by atoms with Crippen molar-refractivity contribution < 1.29 is 8.94 Å². The Kier molecular flexibility index (Phi) is 4.57. The van der Waals surface area contributed by atoms with E-state index in [9.17, 15) is 0 Å². The van der Waals surface area contributed by atoms with Gasteiger partial charge in [0.25, 0.3) is 0 Å². The molecule has 1 fully saturated rings. The van der Waals surface area contributed by atoms with Crippen LogP contribution in [-0.4, -0.2) is 40.7 Å². The highest BCUT2D eigenvalue weighted by Crippen LogP contribution is 2.17. The molecule has 0 aromatic carbocycles. The van der Waals surface area contributed by atoms with E-state index >= 15 is 0 Å². The van der Waals surface area contributed by atoms with Crippen LogP contribution < -0.4 is 5.32 Å². The van der Waals surface area contributed by atoms with Gasteiger partial charge in [0, 0.05) is 25.7 Å². The molecule has 1 atom stereocenters. The van der Waals surface area contributed by atoms with E-state index in [4.69, 9.17) is 8.94 Å². The van der Waals surface area contributed by atoms with Crippen LogP contribution in [0.5, 0.6) is 0 Å². The first kappa shape index (κ1) is 14.0. The van der Waals surface area contributed by atoms with E-state index in [0.717, 1.165) is 19.6 Å². The van der Waals surface area contributed by atoms with Gasteiger partial charge in [-0.15, -0.1) is 12.4 Å². The van der Waals surface area contributed by atoms with E-state index in [-0.39, 0.29) is 12.4 Å². The summed E-state index contributed by atoms with van der Waals surface area (Å²) in [6.07, 6.45) is 1.60.